The number of methoxy groups -OCH3 is 2. The second-order valence-corrected chi connectivity index (χ2v) is 10.6. The number of carbonyl (C=O) groups excluding carboxylic acids is 2. The van der Waals surface area contributed by atoms with Crippen molar-refractivity contribution in [1.82, 2.24) is 10.2 Å². The van der Waals surface area contributed by atoms with Crippen molar-refractivity contribution in [3.05, 3.63) is 87.9 Å². The largest absolute Gasteiger partial charge is 0.496 e. The van der Waals surface area contributed by atoms with E-state index in [0.717, 1.165) is 31.2 Å². The van der Waals surface area contributed by atoms with Crippen LogP contribution in [0.25, 0.3) is 0 Å². The highest BCUT2D eigenvalue weighted by Crippen LogP contribution is 2.29. The van der Waals surface area contributed by atoms with Gasteiger partial charge in [-0.2, -0.15) is 0 Å². The van der Waals surface area contributed by atoms with Gasteiger partial charge in [0.05, 0.1) is 14.2 Å². The Kier molecular flexibility index (Phi) is 10.6. The Labute approximate surface area is 245 Å². The Morgan fingerprint density at radius 2 is 1.50 bits per heavy atom. The number of halogens is 2. The van der Waals surface area contributed by atoms with Crippen molar-refractivity contribution in [3.63, 3.8) is 0 Å². The monoisotopic (exact) mass is 584 g/mol. The molecule has 0 saturated heterocycles. The van der Waals surface area contributed by atoms with Crippen LogP contribution in [0.5, 0.6) is 17.2 Å². The van der Waals surface area contributed by atoms with E-state index in [1.54, 1.807) is 36.4 Å². The van der Waals surface area contributed by atoms with Gasteiger partial charge in [0.1, 0.15) is 23.3 Å². The highest BCUT2D eigenvalue weighted by atomic mass is 35.5. The molecule has 0 radical (unpaired) electrons. The van der Waals surface area contributed by atoms with Crippen LogP contribution in [0.1, 0.15) is 36.8 Å². The van der Waals surface area contributed by atoms with Crippen molar-refractivity contribution in [2.45, 2.75) is 50.7 Å². The summed E-state index contributed by atoms with van der Waals surface area (Å²) in [6.07, 6.45) is 4.32. The lowest BCUT2D eigenvalue weighted by atomic mass is 10.0. The standard InChI is InChI=1S/C31H34Cl2N2O5/c1-38-23-16-24(39-2)18-25(17-23)40-20-30(36)35(19-26-27(32)13-8-14-28(26)33)29(15-21-9-4-3-5-10-21)31(37)34-22-11-6-7-12-22/h3-5,8-10,13-14,16-18,22,29H,6-7,11-12,15,19-20H2,1-2H3,(H,34,37)/t29-/m1/s1. The summed E-state index contributed by atoms with van der Waals surface area (Å²) in [5.74, 6) is 0.852. The first kappa shape index (κ1) is 29.6. The average molecular weight is 586 g/mol. The summed E-state index contributed by atoms with van der Waals surface area (Å²) >= 11 is 13.0. The summed E-state index contributed by atoms with van der Waals surface area (Å²) in [5.41, 5.74) is 1.49. The Morgan fingerprint density at radius 1 is 0.900 bits per heavy atom. The van der Waals surface area contributed by atoms with Crippen molar-refractivity contribution in [1.29, 1.82) is 0 Å². The molecule has 1 aliphatic carbocycles. The molecule has 2 amide bonds. The zero-order chi connectivity index (χ0) is 28.5. The van der Waals surface area contributed by atoms with Gasteiger partial charge in [-0.25, -0.2) is 0 Å². The van der Waals surface area contributed by atoms with E-state index in [0.29, 0.717) is 39.3 Å². The fraction of sp³-hybridized carbons (Fsp3) is 0.355. The number of carbonyl (C=O) groups is 2. The van der Waals surface area contributed by atoms with Crippen LogP contribution in [0.3, 0.4) is 0 Å². The number of nitrogens with zero attached hydrogens (tertiary/aromatic N) is 1. The van der Waals surface area contributed by atoms with E-state index in [1.807, 2.05) is 30.3 Å². The smallest absolute Gasteiger partial charge is 0.261 e. The van der Waals surface area contributed by atoms with Gasteiger partial charge in [0.25, 0.3) is 5.91 Å². The molecule has 1 aliphatic rings. The molecule has 0 bridgehead atoms. The molecule has 0 aromatic heterocycles. The molecule has 1 atom stereocenters. The summed E-state index contributed by atoms with van der Waals surface area (Å²) in [6.45, 7) is -0.280. The van der Waals surface area contributed by atoms with E-state index in [4.69, 9.17) is 37.4 Å². The van der Waals surface area contributed by atoms with Gasteiger partial charge in [0.2, 0.25) is 5.91 Å². The maximum Gasteiger partial charge on any atom is 0.261 e. The molecular formula is C31H34Cl2N2O5. The highest BCUT2D eigenvalue weighted by Gasteiger charge is 2.33. The van der Waals surface area contributed by atoms with Crippen LogP contribution in [-0.4, -0.2) is 49.6 Å². The van der Waals surface area contributed by atoms with Crippen molar-refractivity contribution in [2.24, 2.45) is 0 Å². The fourth-order valence-electron chi connectivity index (χ4n) is 4.87. The van der Waals surface area contributed by atoms with Crippen molar-refractivity contribution < 1.29 is 23.8 Å². The predicted octanol–water partition coefficient (Wildman–Crippen LogP) is 6.09. The minimum Gasteiger partial charge on any atom is -0.496 e. The maximum atomic E-state index is 13.9. The molecule has 1 N–H and O–H groups in total. The molecule has 212 valence electrons. The van der Waals surface area contributed by atoms with Crippen molar-refractivity contribution >= 4 is 35.0 Å². The number of hydrogen-bond donors (Lipinski definition) is 1. The first-order chi connectivity index (χ1) is 19.4. The quantitative estimate of drug-likeness (QED) is 0.279. The molecule has 9 heteroatoms. The number of ether oxygens (including phenoxy) is 3. The molecule has 0 aliphatic heterocycles. The number of nitrogens with one attached hydrogen (secondary N) is 1. The van der Waals surface area contributed by atoms with Crippen molar-refractivity contribution in [3.8, 4) is 17.2 Å². The molecule has 4 rings (SSSR count). The van der Waals surface area contributed by atoms with Crippen LogP contribution in [0.2, 0.25) is 10.0 Å². The van der Waals surface area contributed by atoms with E-state index < -0.39 is 6.04 Å². The first-order valence-corrected chi connectivity index (χ1v) is 14.1. The van der Waals surface area contributed by atoms with Crippen LogP contribution < -0.4 is 19.5 Å². The molecule has 40 heavy (non-hydrogen) atoms. The van der Waals surface area contributed by atoms with E-state index in [-0.39, 0.29) is 31.0 Å². The minimum atomic E-state index is -0.814. The number of rotatable bonds is 12. The second kappa shape index (κ2) is 14.3. The Balaban J connectivity index is 1.66. The Bertz CT molecular complexity index is 1260. The van der Waals surface area contributed by atoms with E-state index in [1.165, 1.54) is 19.1 Å². The minimum absolute atomic E-state index is 0.0394. The van der Waals surface area contributed by atoms with Gasteiger partial charge in [0.15, 0.2) is 6.61 Å². The lowest BCUT2D eigenvalue weighted by Gasteiger charge is -2.32. The number of hydrogen-bond acceptors (Lipinski definition) is 5. The maximum absolute atomic E-state index is 13.9. The molecule has 7 nitrogen and oxygen atoms in total. The van der Waals surface area contributed by atoms with Gasteiger partial charge in [-0.05, 0) is 30.5 Å². The van der Waals surface area contributed by atoms with Gasteiger partial charge in [-0.15, -0.1) is 0 Å². The van der Waals surface area contributed by atoms with Crippen LogP contribution in [0.15, 0.2) is 66.7 Å². The molecule has 3 aromatic rings. The fourth-order valence-corrected chi connectivity index (χ4v) is 5.38. The van der Waals surface area contributed by atoms with Gasteiger partial charge in [-0.3, -0.25) is 9.59 Å². The SMILES string of the molecule is COc1cc(OC)cc(OCC(=O)N(Cc2c(Cl)cccc2Cl)[C@H](Cc2ccccc2)C(=O)NC2CCCC2)c1. The molecule has 3 aromatic carbocycles. The zero-order valence-corrected chi connectivity index (χ0v) is 24.2. The third-order valence-corrected chi connectivity index (χ3v) is 7.76. The van der Waals surface area contributed by atoms with Gasteiger partial charge in [0, 0.05) is 52.8 Å². The van der Waals surface area contributed by atoms with E-state index in [9.17, 15) is 9.59 Å². The average Bonchev–Trinajstić information content (AvgIpc) is 3.48. The molecule has 0 unspecified atom stereocenters. The summed E-state index contributed by atoms with van der Waals surface area (Å²) < 4.78 is 16.5. The lowest BCUT2D eigenvalue weighted by Crippen LogP contribution is -2.53. The van der Waals surface area contributed by atoms with E-state index >= 15 is 0 Å². The van der Waals surface area contributed by atoms with Crippen LogP contribution in [-0.2, 0) is 22.6 Å². The van der Waals surface area contributed by atoms with Gasteiger partial charge in [-0.1, -0.05) is 72.4 Å². The Hall–Kier alpha value is -3.42. The van der Waals surface area contributed by atoms with E-state index in [2.05, 4.69) is 5.32 Å². The molecule has 1 saturated carbocycles. The predicted molar refractivity (Wildman–Crippen MR) is 156 cm³/mol. The summed E-state index contributed by atoms with van der Waals surface area (Å²) in [4.78, 5) is 29.2. The first-order valence-electron chi connectivity index (χ1n) is 13.3. The topological polar surface area (TPSA) is 77.1 Å². The van der Waals surface area contributed by atoms with Crippen LogP contribution >= 0.6 is 23.2 Å². The number of amides is 2. The Morgan fingerprint density at radius 3 is 2.10 bits per heavy atom. The molecular weight excluding hydrogens is 551 g/mol. The summed E-state index contributed by atoms with van der Waals surface area (Å²) in [7, 11) is 3.08. The summed E-state index contributed by atoms with van der Waals surface area (Å²) in [5, 5.41) is 4.01. The van der Waals surface area contributed by atoms with Crippen molar-refractivity contribution in [2.75, 3.05) is 20.8 Å². The highest BCUT2D eigenvalue weighted by molar-refractivity contribution is 6.36. The van der Waals surface area contributed by atoms with Crippen LogP contribution in [0, 0.1) is 0 Å². The van der Waals surface area contributed by atoms with Crippen LogP contribution in [0.4, 0.5) is 0 Å². The summed E-state index contributed by atoms with van der Waals surface area (Å²) in [6, 6.07) is 19.1. The number of benzene rings is 3. The molecule has 0 heterocycles. The molecule has 1 fully saturated rings. The second-order valence-electron chi connectivity index (χ2n) is 9.75. The zero-order valence-electron chi connectivity index (χ0n) is 22.7. The lowest BCUT2D eigenvalue weighted by molar-refractivity contribution is -0.143. The molecule has 0 spiro atoms. The third kappa shape index (κ3) is 7.83. The normalized spacial score (nSPS) is 13.9. The third-order valence-electron chi connectivity index (χ3n) is 7.05. The van der Waals surface area contributed by atoms with Gasteiger partial charge >= 0.3 is 0 Å². The van der Waals surface area contributed by atoms with Gasteiger partial charge < -0.3 is 24.4 Å².